The summed E-state index contributed by atoms with van der Waals surface area (Å²) in [7, 11) is 1.23. The highest BCUT2D eigenvalue weighted by Gasteiger charge is 2.30. The number of nitrogens with one attached hydrogen (secondary N) is 1. The van der Waals surface area contributed by atoms with E-state index < -0.39 is 5.97 Å². The van der Waals surface area contributed by atoms with E-state index in [0.717, 1.165) is 12.8 Å². The molecule has 2 rings (SSSR count). The zero-order valence-corrected chi connectivity index (χ0v) is 14.2. The number of halogens is 2. The van der Waals surface area contributed by atoms with Gasteiger partial charge in [0.1, 0.15) is 0 Å². The first-order valence-electron chi connectivity index (χ1n) is 7.18. The largest absolute Gasteiger partial charge is 0.465 e. The lowest BCUT2D eigenvalue weighted by Crippen LogP contribution is -2.37. The summed E-state index contributed by atoms with van der Waals surface area (Å²) in [6.45, 7) is 0.528. The van der Waals surface area contributed by atoms with Crippen molar-refractivity contribution in [2.24, 2.45) is 0 Å². The summed E-state index contributed by atoms with van der Waals surface area (Å²) in [6, 6.07) is 3.16. The molecular weight excluding hydrogens is 343 g/mol. The topological polar surface area (TPSA) is 78.9 Å². The van der Waals surface area contributed by atoms with Gasteiger partial charge in [-0.25, -0.2) is 4.79 Å². The first kappa shape index (κ1) is 18.0. The predicted molar refractivity (Wildman–Crippen MR) is 88.1 cm³/mol. The van der Waals surface area contributed by atoms with Crippen LogP contribution in [-0.4, -0.2) is 54.7 Å². The number of carbonyl (C=O) groups excluding carboxylic acids is 2. The lowest BCUT2D eigenvalue weighted by Gasteiger charge is -2.20. The Morgan fingerprint density at radius 2 is 2.09 bits per heavy atom. The maximum atomic E-state index is 12.3. The molecule has 1 aromatic carbocycles. The zero-order chi connectivity index (χ0) is 17.0. The highest BCUT2D eigenvalue weighted by molar-refractivity contribution is 6.37. The second-order valence-corrected chi connectivity index (χ2v) is 6.12. The van der Waals surface area contributed by atoms with E-state index in [1.54, 1.807) is 0 Å². The standard InChI is InChI=1S/C15H18Cl2N2O4/c1-23-15(22)11-6-9(16)7-12(17)14(11)18-13(21)8-19(4-5-20)10-2-3-10/h6-7,10,20H,2-5,8H2,1H3,(H,18,21). The predicted octanol–water partition coefficient (Wildman–Crippen LogP) is 2.18. The van der Waals surface area contributed by atoms with Crippen molar-refractivity contribution in [2.45, 2.75) is 18.9 Å². The van der Waals surface area contributed by atoms with Gasteiger partial charge in [-0.15, -0.1) is 0 Å². The second kappa shape index (κ2) is 7.97. The third-order valence-electron chi connectivity index (χ3n) is 3.52. The maximum Gasteiger partial charge on any atom is 0.340 e. The molecule has 0 spiro atoms. The van der Waals surface area contributed by atoms with E-state index in [4.69, 9.17) is 28.3 Å². The van der Waals surface area contributed by atoms with Crippen LogP contribution in [0.2, 0.25) is 10.0 Å². The van der Waals surface area contributed by atoms with E-state index in [1.807, 2.05) is 4.90 Å². The van der Waals surface area contributed by atoms with Crippen LogP contribution in [0.25, 0.3) is 0 Å². The highest BCUT2D eigenvalue weighted by atomic mass is 35.5. The molecule has 23 heavy (non-hydrogen) atoms. The fraction of sp³-hybridized carbons (Fsp3) is 0.467. The van der Waals surface area contributed by atoms with Crippen LogP contribution in [0, 0.1) is 0 Å². The number of carbonyl (C=O) groups is 2. The van der Waals surface area contributed by atoms with Crippen LogP contribution in [0.1, 0.15) is 23.2 Å². The summed E-state index contributed by atoms with van der Waals surface area (Å²) in [5.41, 5.74) is 0.270. The van der Waals surface area contributed by atoms with Crippen LogP contribution in [0.5, 0.6) is 0 Å². The van der Waals surface area contributed by atoms with Gasteiger partial charge in [0.05, 0.1) is 36.5 Å². The molecule has 126 valence electrons. The molecule has 0 radical (unpaired) electrons. The molecule has 1 aliphatic rings. The lowest BCUT2D eigenvalue weighted by atomic mass is 10.1. The van der Waals surface area contributed by atoms with Gasteiger partial charge in [0, 0.05) is 17.6 Å². The molecule has 8 heteroatoms. The fourth-order valence-electron chi connectivity index (χ4n) is 2.29. The van der Waals surface area contributed by atoms with E-state index in [2.05, 4.69) is 10.1 Å². The third kappa shape index (κ3) is 4.81. The Kier molecular flexibility index (Phi) is 6.24. The number of amides is 1. The van der Waals surface area contributed by atoms with E-state index in [-0.39, 0.29) is 40.4 Å². The van der Waals surface area contributed by atoms with Gasteiger partial charge < -0.3 is 15.2 Å². The lowest BCUT2D eigenvalue weighted by molar-refractivity contribution is -0.117. The summed E-state index contributed by atoms with van der Waals surface area (Å²) in [6.07, 6.45) is 2.03. The minimum atomic E-state index is -0.640. The van der Waals surface area contributed by atoms with Crippen molar-refractivity contribution in [3.05, 3.63) is 27.7 Å². The Morgan fingerprint density at radius 1 is 1.39 bits per heavy atom. The molecular formula is C15H18Cl2N2O4. The number of rotatable bonds is 7. The summed E-state index contributed by atoms with van der Waals surface area (Å²) in [4.78, 5) is 26.0. The molecule has 1 aliphatic carbocycles. The van der Waals surface area contributed by atoms with Crippen LogP contribution in [0.3, 0.4) is 0 Å². The van der Waals surface area contributed by atoms with Crippen molar-refractivity contribution < 1.29 is 19.4 Å². The number of ether oxygens (including phenoxy) is 1. The van der Waals surface area contributed by atoms with Crippen LogP contribution in [-0.2, 0) is 9.53 Å². The third-order valence-corrected chi connectivity index (χ3v) is 4.04. The van der Waals surface area contributed by atoms with E-state index in [1.165, 1.54) is 19.2 Å². The zero-order valence-electron chi connectivity index (χ0n) is 12.6. The number of aliphatic hydroxyl groups is 1. The minimum absolute atomic E-state index is 0.0150. The van der Waals surface area contributed by atoms with Crippen LogP contribution < -0.4 is 5.32 Å². The molecule has 0 bridgehead atoms. The van der Waals surface area contributed by atoms with Gasteiger partial charge in [0.15, 0.2) is 0 Å². The molecule has 0 aliphatic heterocycles. The normalized spacial score (nSPS) is 14.0. The van der Waals surface area contributed by atoms with Gasteiger partial charge in [-0.3, -0.25) is 9.69 Å². The van der Waals surface area contributed by atoms with E-state index >= 15 is 0 Å². The van der Waals surface area contributed by atoms with Crippen LogP contribution >= 0.6 is 23.2 Å². The number of hydrogen-bond donors (Lipinski definition) is 2. The van der Waals surface area contributed by atoms with Crippen LogP contribution in [0.15, 0.2) is 12.1 Å². The van der Waals surface area contributed by atoms with Crippen LogP contribution in [0.4, 0.5) is 5.69 Å². The molecule has 0 saturated heterocycles. The molecule has 0 atom stereocenters. The molecule has 1 saturated carbocycles. The Hall–Kier alpha value is -1.34. The monoisotopic (exact) mass is 360 g/mol. The summed E-state index contributed by atoms with van der Waals surface area (Å²) in [5.74, 6) is -0.959. The van der Waals surface area contributed by atoms with Gasteiger partial charge in [0.25, 0.3) is 0 Å². The summed E-state index contributed by atoms with van der Waals surface area (Å²) < 4.78 is 4.69. The number of aliphatic hydroxyl groups excluding tert-OH is 1. The number of esters is 1. The van der Waals surface area contributed by atoms with Crippen molar-refractivity contribution in [1.82, 2.24) is 4.90 Å². The average molecular weight is 361 g/mol. The molecule has 0 unspecified atom stereocenters. The van der Waals surface area contributed by atoms with Crippen molar-refractivity contribution in [3.8, 4) is 0 Å². The number of hydrogen-bond acceptors (Lipinski definition) is 5. The molecule has 0 aromatic heterocycles. The summed E-state index contributed by atoms with van der Waals surface area (Å²) >= 11 is 12.0. The highest BCUT2D eigenvalue weighted by Crippen LogP contribution is 2.31. The van der Waals surface area contributed by atoms with Gasteiger partial charge >= 0.3 is 5.97 Å². The van der Waals surface area contributed by atoms with E-state index in [0.29, 0.717) is 12.6 Å². The molecule has 1 fully saturated rings. The quantitative estimate of drug-likeness (QED) is 0.728. The Balaban J connectivity index is 2.14. The number of methoxy groups -OCH3 is 1. The number of benzene rings is 1. The first-order chi connectivity index (χ1) is 11.0. The maximum absolute atomic E-state index is 12.3. The Bertz CT molecular complexity index is 605. The smallest absolute Gasteiger partial charge is 0.340 e. The van der Waals surface area contributed by atoms with Gasteiger partial charge in [-0.1, -0.05) is 23.2 Å². The second-order valence-electron chi connectivity index (χ2n) is 5.28. The van der Waals surface area contributed by atoms with Crippen molar-refractivity contribution in [2.75, 3.05) is 32.1 Å². The SMILES string of the molecule is COC(=O)c1cc(Cl)cc(Cl)c1NC(=O)CN(CCO)C1CC1. The summed E-state index contributed by atoms with van der Waals surface area (Å²) in [5, 5.41) is 12.1. The van der Waals surface area contributed by atoms with Crippen molar-refractivity contribution in [3.63, 3.8) is 0 Å². The Morgan fingerprint density at radius 3 is 2.65 bits per heavy atom. The number of anilines is 1. The first-order valence-corrected chi connectivity index (χ1v) is 7.94. The Labute approximate surface area is 144 Å². The van der Waals surface area contributed by atoms with Crippen molar-refractivity contribution >= 4 is 40.8 Å². The molecule has 0 heterocycles. The van der Waals surface area contributed by atoms with E-state index in [9.17, 15) is 9.59 Å². The average Bonchev–Trinajstić information content (AvgIpc) is 3.33. The fourth-order valence-corrected chi connectivity index (χ4v) is 2.83. The van der Waals surface area contributed by atoms with Gasteiger partial charge in [-0.05, 0) is 25.0 Å². The molecule has 2 N–H and O–H groups in total. The van der Waals surface area contributed by atoms with Gasteiger partial charge in [-0.2, -0.15) is 0 Å². The minimum Gasteiger partial charge on any atom is -0.465 e. The molecule has 6 nitrogen and oxygen atoms in total. The molecule has 1 aromatic rings. The number of nitrogens with zero attached hydrogens (tertiary/aromatic N) is 1. The molecule has 1 amide bonds. The van der Waals surface area contributed by atoms with Crippen molar-refractivity contribution in [1.29, 1.82) is 0 Å². The van der Waals surface area contributed by atoms with Gasteiger partial charge in [0.2, 0.25) is 5.91 Å².